The van der Waals surface area contributed by atoms with Gasteiger partial charge in [0.25, 0.3) is 0 Å². The largest absolute Gasteiger partial charge is 0.444 e. The van der Waals surface area contributed by atoms with Gasteiger partial charge in [-0.1, -0.05) is 52.4 Å². The van der Waals surface area contributed by atoms with E-state index in [1.165, 1.54) is 51.4 Å². The van der Waals surface area contributed by atoms with Crippen LogP contribution < -0.4 is 10.6 Å². The Morgan fingerprint density at radius 3 is 1.96 bits per heavy atom. The molecule has 0 unspecified atom stereocenters. The average Bonchev–Trinajstić information content (AvgIpc) is 2.45. The number of ether oxygens (including phenoxy) is 1. The van der Waals surface area contributed by atoms with Crippen LogP contribution in [0, 0.1) is 0 Å². The molecule has 138 valence electrons. The zero-order valence-corrected chi connectivity index (χ0v) is 16.2. The maximum absolute atomic E-state index is 11.6. The predicted octanol–water partition coefficient (Wildman–Crippen LogP) is 5.02. The maximum atomic E-state index is 11.6. The molecule has 4 heteroatoms. The Hall–Kier alpha value is -0.770. The molecule has 0 saturated heterocycles. The number of nitrogens with one attached hydrogen (secondary N) is 2. The fourth-order valence-corrected chi connectivity index (χ4v) is 2.53. The van der Waals surface area contributed by atoms with E-state index in [0.717, 1.165) is 13.0 Å². The number of alkyl carbamates (subject to hydrolysis) is 1. The summed E-state index contributed by atoms with van der Waals surface area (Å²) in [5, 5.41) is 6.48. The van der Waals surface area contributed by atoms with Crippen LogP contribution in [-0.4, -0.2) is 30.8 Å². The van der Waals surface area contributed by atoms with Crippen molar-refractivity contribution >= 4 is 6.09 Å². The van der Waals surface area contributed by atoms with Crippen molar-refractivity contribution in [1.29, 1.82) is 0 Å². The summed E-state index contributed by atoms with van der Waals surface area (Å²) >= 11 is 0. The number of carbonyl (C=O) groups excluding carboxylic acids is 1. The van der Waals surface area contributed by atoms with Crippen LogP contribution in [0.3, 0.4) is 0 Å². The zero-order chi connectivity index (χ0) is 17.6. The van der Waals surface area contributed by atoms with Gasteiger partial charge in [-0.25, -0.2) is 4.79 Å². The molecule has 2 N–H and O–H groups in total. The number of hydrogen-bond donors (Lipinski definition) is 2. The summed E-state index contributed by atoms with van der Waals surface area (Å²) in [6, 6.07) is 0.634. The molecule has 0 fully saturated rings. The summed E-state index contributed by atoms with van der Waals surface area (Å²) in [5.74, 6) is 0. The third kappa shape index (κ3) is 15.9. The number of amides is 1. The van der Waals surface area contributed by atoms with Gasteiger partial charge in [0.2, 0.25) is 0 Å². The molecule has 1 amide bonds. The second-order valence-electron chi connectivity index (χ2n) is 7.42. The molecular formula is C19H40N2O2. The molecule has 0 aromatic carbocycles. The summed E-state index contributed by atoms with van der Waals surface area (Å²) in [6.07, 6.45) is 11.0. The molecule has 0 rings (SSSR count). The minimum Gasteiger partial charge on any atom is -0.444 e. The first kappa shape index (κ1) is 22.2. The first-order chi connectivity index (χ1) is 10.9. The standard InChI is InChI=1S/C19H40N2O2/c1-6-8-10-13-17(14-11-9-7-2)20-15-12-16-21-18(22)23-19(3,4)5/h17,20H,6-16H2,1-5H3,(H,21,22). The maximum Gasteiger partial charge on any atom is 0.407 e. The van der Waals surface area contributed by atoms with Gasteiger partial charge < -0.3 is 15.4 Å². The lowest BCUT2D eigenvalue weighted by atomic mass is 10.0. The van der Waals surface area contributed by atoms with Gasteiger partial charge in [-0.2, -0.15) is 0 Å². The molecule has 23 heavy (non-hydrogen) atoms. The Labute approximate surface area is 144 Å². The third-order valence-corrected chi connectivity index (χ3v) is 3.77. The van der Waals surface area contributed by atoms with Gasteiger partial charge in [0.1, 0.15) is 5.60 Å². The Kier molecular flexibility index (Phi) is 13.2. The fraction of sp³-hybridized carbons (Fsp3) is 0.947. The van der Waals surface area contributed by atoms with Crippen LogP contribution in [0.1, 0.15) is 92.4 Å². The fourth-order valence-electron chi connectivity index (χ4n) is 2.53. The van der Waals surface area contributed by atoms with E-state index in [1.54, 1.807) is 0 Å². The molecule has 0 heterocycles. The minimum absolute atomic E-state index is 0.319. The van der Waals surface area contributed by atoms with E-state index in [2.05, 4.69) is 24.5 Å². The number of hydrogen-bond acceptors (Lipinski definition) is 3. The second-order valence-corrected chi connectivity index (χ2v) is 7.42. The molecule has 0 spiro atoms. The van der Waals surface area contributed by atoms with E-state index in [9.17, 15) is 4.79 Å². The molecular weight excluding hydrogens is 288 g/mol. The summed E-state index contributed by atoms with van der Waals surface area (Å²) in [7, 11) is 0. The van der Waals surface area contributed by atoms with Gasteiger partial charge in [0.15, 0.2) is 0 Å². The van der Waals surface area contributed by atoms with Crippen LogP contribution in [0.4, 0.5) is 4.79 Å². The average molecular weight is 329 g/mol. The van der Waals surface area contributed by atoms with Crippen LogP contribution in [0.15, 0.2) is 0 Å². The van der Waals surface area contributed by atoms with Gasteiger partial charge in [-0.15, -0.1) is 0 Å². The van der Waals surface area contributed by atoms with Crippen molar-refractivity contribution in [2.75, 3.05) is 13.1 Å². The molecule has 0 radical (unpaired) electrons. The highest BCUT2D eigenvalue weighted by Gasteiger charge is 2.15. The summed E-state index contributed by atoms with van der Waals surface area (Å²) in [6.45, 7) is 11.8. The summed E-state index contributed by atoms with van der Waals surface area (Å²) in [5.41, 5.74) is -0.425. The Morgan fingerprint density at radius 2 is 1.48 bits per heavy atom. The topological polar surface area (TPSA) is 50.4 Å². The highest BCUT2D eigenvalue weighted by molar-refractivity contribution is 5.67. The normalized spacial score (nSPS) is 11.7. The van der Waals surface area contributed by atoms with Crippen LogP contribution in [0.5, 0.6) is 0 Å². The van der Waals surface area contributed by atoms with Gasteiger partial charge in [-0.05, 0) is 46.6 Å². The lowest BCUT2D eigenvalue weighted by Gasteiger charge is -2.20. The smallest absolute Gasteiger partial charge is 0.407 e. The first-order valence-electron chi connectivity index (χ1n) is 9.59. The second kappa shape index (κ2) is 13.6. The lowest BCUT2D eigenvalue weighted by Crippen LogP contribution is -2.35. The minimum atomic E-state index is -0.425. The molecule has 0 atom stereocenters. The van der Waals surface area contributed by atoms with E-state index in [1.807, 2.05) is 20.8 Å². The van der Waals surface area contributed by atoms with Crippen LogP contribution in [0.2, 0.25) is 0 Å². The molecule has 0 aliphatic rings. The molecule has 0 aliphatic carbocycles. The number of rotatable bonds is 13. The van der Waals surface area contributed by atoms with Crippen LogP contribution in [0.25, 0.3) is 0 Å². The van der Waals surface area contributed by atoms with E-state index in [0.29, 0.717) is 12.6 Å². The third-order valence-electron chi connectivity index (χ3n) is 3.77. The molecule has 0 saturated carbocycles. The van der Waals surface area contributed by atoms with E-state index in [4.69, 9.17) is 4.74 Å². The molecule has 0 bridgehead atoms. The van der Waals surface area contributed by atoms with Gasteiger partial charge in [0.05, 0.1) is 0 Å². The monoisotopic (exact) mass is 328 g/mol. The molecule has 4 nitrogen and oxygen atoms in total. The van der Waals surface area contributed by atoms with Crippen molar-refractivity contribution < 1.29 is 9.53 Å². The Morgan fingerprint density at radius 1 is 0.913 bits per heavy atom. The summed E-state index contributed by atoms with van der Waals surface area (Å²) in [4.78, 5) is 11.6. The first-order valence-corrected chi connectivity index (χ1v) is 9.59. The van der Waals surface area contributed by atoms with Gasteiger partial charge in [-0.3, -0.25) is 0 Å². The van der Waals surface area contributed by atoms with Crippen LogP contribution in [-0.2, 0) is 4.74 Å². The van der Waals surface area contributed by atoms with Crippen molar-refractivity contribution in [2.45, 2.75) is 104 Å². The van der Waals surface area contributed by atoms with Crippen molar-refractivity contribution in [3.8, 4) is 0 Å². The Balaban J connectivity index is 3.80. The van der Waals surface area contributed by atoms with Crippen molar-refractivity contribution in [1.82, 2.24) is 10.6 Å². The SMILES string of the molecule is CCCCCC(CCCCC)NCCCNC(=O)OC(C)(C)C. The highest BCUT2D eigenvalue weighted by Crippen LogP contribution is 2.11. The lowest BCUT2D eigenvalue weighted by molar-refractivity contribution is 0.0527. The van der Waals surface area contributed by atoms with Crippen molar-refractivity contribution in [3.63, 3.8) is 0 Å². The Bertz CT molecular complexity index is 278. The van der Waals surface area contributed by atoms with Gasteiger partial charge >= 0.3 is 6.09 Å². The quantitative estimate of drug-likeness (QED) is 0.467. The zero-order valence-electron chi connectivity index (χ0n) is 16.2. The van der Waals surface area contributed by atoms with Gasteiger partial charge in [0, 0.05) is 12.6 Å². The van der Waals surface area contributed by atoms with E-state index in [-0.39, 0.29) is 6.09 Å². The predicted molar refractivity (Wildman–Crippen MR) is 98.9 cm³/mol. The van der Waals surface area contributed by atoms with E-state index >= 15 is 0 Å². The molecule has 0 aromatic rings. The van der Waals surface area contributed by atoms with Crippen molar-refractivity contribution in [2.24, 2.45) is 0 Å². The number of carbonyl (C=O) groups is 1. The highest BCUT2D eigenvalue weighted by atomic mass is 16.6. The molecule has 0 aliphatic heterocycles. The number of unbranched alkanes of at least 4 members (excludes halogenated alkanes) is 4. The summed E-state index contributed by atoms with van der Waals surface area (Å²) < 4.78 is 5.23. The van der Waals surface area contributed by atoms with E-state index < -0.39 is 5.60 Å². The molecule has 0 aromatic heterocycles. The van der Waals surface area contributed by atoms with Crippen molar-refractivity contribution in [3.05, 3.63) is 0 Å². The van der Waals surface area contributed by atoms with Crippen LogP contribution >= 0.6 is 0 Å².